The van der Waals surface area contributed by atoms with Gasteiger partial charge in [-0.05, 0) is 24.1 Å². The fraction of sp³-hybridized carbons (Fsp3) is 0.143. The number of nitrogens with two attached hydrogens (primary N) is 1. The molecule has 0 aliphatic rings. The van der Waals surface area contributed by atoms with Gasteiger partial charge in [0.1, 0.15) is 5.75 Å². The number of rotatable bonds is 4. The Balaban J connectivity index is 2.02. The number of imidazole rings is 1. The van der Waals surface area contributed by atoms with E-state index in [9.17, 15) is 0 Å². The van der Waals surface area contributed by atoms with Crippen LogP contribution in [0, 0.1) is 0 Å². The molecule has 0 unspecified atom stereocenters. The van der Waals surface area contributed by atoms with E-state index in [0.717, 1.165) is 12.2 Å². The lowest BCUT2D eigenvalue weighted by atomic mass is 10.2. The molecule has 6 heteroatoms. The Morgan fingerprint density at radius 1 is 1.40 bits per heavy atom. The topological polar surface area (TPSA) is 77.5 Å². The van der Waals surface area contributed by atoms with Crippen LogP contribution in [0.1, 0.15) is 12.5 Å². The molecule has 0 saturated heterocycles. The van der Waals surface area contributed by atoms with Crippen LogP contribution in [-0.4, -0.2) is 14.4 Å². The molecule has 3 rings (SSSR count). The fourth-order valence-electron chi connectivity index (χ4n) is 1.98. The van der Waals surface area contributed by atoms with Crippen LogP contribution < -0.4 is 16.0 Å². The molecule has 20 heavy (non-hydrogen) atoms. The number of fused-ring (bicyclic) bond motifs is 1. The maximum atomic E-state index is 5.84. The van der Waals surface area contributed by atoms with Gasteiger partial charge in [-0.3, -0.25) is 4.40 Å². The van der Waals surface area contributed by atoms with Gasteiger partial charge in [-0.1, -0.05) is 19.1 Å². The molecule has 0 bridgehead atoms. The zero-order chi connectivity index (χ0) is 13.9. The average molecular weight is 269 g/mol. The number of hydrogen-bond acceptors (Lipinski definition) is 5. The molecule has 102 valence electrons. The van der Waals surface area contributed by atoms with Crippen molar-refractivity contribution in [1.29, 1.82) is 0 Å². The van der Waals surface area contributed by atoms with Crippen molar-refractivity contribution in [2.75, 3.05) is 5.43 Å². The second kappa shape index (κ2) is 5.18. The Morgan fingerprint density at radius 3 is 3.10 bits per heavy atom. The molecular weight excluding hydrogens is 254 g/mol. The van der Waals surface area contributed by atoms with Gasteiger partial charge in [-0.2, -0.15) is 4.98 Å². The van der Waals surface area contributed by atoms with Crippen LogP contribution in [-0.2, 0) is 6.42 Å². The number of anilines is 1. The van der Waals surface area contributed by atoms with Gasteiger partial charge in [0.25, 0.3) is 5.88 Å². The maximum absolute atomic E-state index is 5.84. The summed E-state index contributed by atoms with van der Waals surface area (Å²) in [6, 6.07) is 7.90. The number of nitrogens with one attached hydrogen (secondary N) is 1. The Bertz CT molecular complexity index is 737. The molecule has 2 heterocycles. The molecule has 0 aliphatic carbocycles. The normalized spacial score (nSPS) is 10.7. The summed E-state index contributed by atoms with van der Waals surface area (Å²) < 4.78 is 7.65. The van der Waals surface area contributed by atoms with E-state index in [-0.39, 0.29) is 0 Å². The SMILES string of the molecule is CCc1cccc(Oc2nc(NN)cn3ccnc23)c1. The Labute approximate surface area is 116 Å². The summed E-state index contributed by atoms with van der Waals surface area (Å²) in [4.78, 5) is 8.54. The first-order chi connectivity index (χ1) is 9.80. The van der Waals surface area contributed by atoms with E-state index in [0.29, 0.717) is 17.3 Å². The number of nitrogen functional groups attached to an aromatic ring is 1. The lowest BCUT2D eigenvalue weighted by molar-refractivity contribution is 0.465. The molecule has 0 fully saturated rings. The third-order valence-corrected chi connectivity index (χ3v) is 3.01. The van der Waals surface area contributed by atoms with Crippen LogP contribution in [0.15, 0.2) is 42.9 Å². The van der Waals surface area contributed by atoms with Crippen molar-refractivity contribution in [2.45, 2.75) is 13.3 Å². The van der Waals surface area contributed by atoms with Crippen molar-refractivity contribution >= 4 is 11.5 Å². The quantitative estimate of drug-likeness (QED) is 0.561. The van der Waals surface area contributed by atoms with E-state index < -0.39 is 0 Å². The van der Waals surface area contributed by atoms with Gasteiger partial charge >= 0.3 is 0 Å². The predicted octanol–water partition coefficient (Wildman–Crippen LogP) is 2.37. The lowest BCUT2D eigenvalue weighted by Crippen LogP contribution is -2.10. The van der Waals surface area contributed by atoms with Crippen LogP contribution >= 0.6 is 0 Å². The van der Waals surface area contributed by atoms with E-state index in [4.69, 9.17) is 10.6 Å². The van der Waals surface area contributed by atoms with Crippen LogP contribution in [0.5, 0.6) is 11.6 Å². The van der Waals surface area contributed by atoms with Crippen molar-refractivity contribution in [3.8, 4) is 11.6 Å². The number of benzene rings is 1. The molecule has 0 saturated carbocycles. The molecule has 3 aromatic rings. The van der Waals surface area contributed by atoms with Crippen molar-refractivity contribution < 1.29 is 4.74 Å². The van der Waals surface area contributed by atoms with Crippen LogP contribution in [0.4, 0.5) is 5.82 Å². The standard InChI is InChI=1S/C14H15N5O/c1-2-10-4-3-5-11(8-10)20-14-13-16-6-7-19(13)9-12(17-14)18-15/h3-9,18H,2,15H2,1H3. The van der Waals surface area contributed by atoms with Crippen molar-refractivity contribution in [2.24, 2.45) is 5.84 Å². The molecule has 3 N–H and O–H groups in total. The minimum absolute atomic E-state index is 0.415. The Morgan fingerprint density at radius 2 is 2.30 bits per heavy atom. The number of aromatic nitrogens is 3. The van der Waals surface area contributed by atoms with E-state index in [1.54, 1.807) is 16.8 Å². The summed E-state index contributed by atoms with van der Waals surface area (Å²) in [5.74, 6) is 7.07. The minimum Gasteiger partial charge on any atom is -0.436 e. The fourth-order valence-corrected chi connectivity index (χ4v) is 1.98. The van der Waals surface area contributed by atoms with Gasteiger partial charge in [0.2, 0.25) is 5.65 Å². The lowest BCUT2D eigenvalue weighted by Gasteiger charge is -2.09. The molecule has 1 aromatic carbocycles. The van der Waals surface area contributed by atoms with Crippen LogP contribution in [0.25, 0.3) is 5.65 Å². The zero-order valence-electron chi connectivity index (χ0n) is 11.1. The highest BCUT2D eigenvalue weighted by molar-refractivity contribution is 5.54. The molecule has 6 nitrogen and oxygen atoms in total. The molecule has 0 aliphatic heterocycles. The molecule has 0 amide bonds. The third kappa shape index (κ3) is 2.28. The van der Waals surface area contributed by atoms with Crippen LogP contribution in [0.2, 0.25) is 0 Å². The predicted molar refractivity (Wildman–Crippen MR) is 76.7 cm³/mol. The highest BCUT2D eigenvalue weighted by atomic mass is 16.5. The first kappa shape index (κ1) is 12.4. The highest BCUT2D eigenvalue weighted by Crippen LogP contribution is 2.25. The minimum atomic E-state index is 0.415. The van der Waals surface area contributed by atoms with E-state index in [1.165, 1.54) is 5.56 Å². The maximum Gasteiger partial charge on any atom is 0.265 e. The number of hydrazine groups is 1. The number of ether oxygens (including phenoxy) is 1. The monoisotopic (exact) mass is 269 g/mol. The van der Waals surface area contributed by atoms with Gasteiger partial charge in [-0.25, -0.2) is 10.8 Å². The van der Waals surface area contributed by atoms with Gasteiger partial charge in [0.05, 0.1) is 6.20 Å². The van der Waals surface area contributed by atoms with E-state index in [2.05, 4.69) is 28.4 Å². The number of aryl methyl sites for hydroxylation is 1. The van der Waals surface area contributed by atoms with Gasteiger partial charge in [0.15, 0.2) is 5.82 Å². The number of nitrogens with zero attached hydrogens (tertiary/aromatic N) is 3. The third-order valence-electron chi connectivity index (χ3n) is 3.01. The van der Waals surface area contributed by atoms with Crippen molar-refractivity contribution in [1.82, 2.24) is 14.4 Å². The van der Waals surface area contributed by atoms with Crippen molar-refractivity contribution in [3.63, 3.8) is 0 Å². The first-order valence-corrected chi connectivity index (χ1v) is 6.37. The number of hydrogen-bond donors (Lipinski definition) is 2. The summed E-state index contributed by atoms with van der Waals surface area (Å²) in [5, 5.41) is 0. The molecule has 0 spiro atoms. The smallest absolute Gasteiger partial charge is 0.265 e. The first-order valence-electron chi connectivity index (χ1n) is 6.37. The van der Waals surface area contributed by atoms with Gasteiger partial charge < -0.3 is 10.2 Å². The average Bonchev–Trinajstić information content (AvgIpc) is 2.96. The van der Waals surface area contributed by atoms with Crippen LogP contribution in [0.3, 0.4) is 0 Å². The zero-order valence-corrected chi connectivity index (χ0v) is 11.1. The summed E-state index contributed by atoms with van der Waals surface area (Å²) in [6.45, 7) is 2.10. The van der Waals surface area contributed by atoms with Crippen molar-refractivity contribution in [3.05, 3.63) is 48.4 Å². The van der Waals surface area contributed by atoms with Gasteiger partial charge in [-0.15, -0.1) is 0 Å². The van der Waals surface area contributed by atoms with E-state index >= 15 is 0 Å². The summed E-state index contributed by atoms with van der Waals surface area (Å²) in [7, 11) is 0. The molecule has 0 atom stereocenters. The Hall–Kier alpha value is -2.60. The molecular formula is C14H15N5O. The molecule has 2 aromatic heterocycles. The summed E-state index contributed by atoms with van der Waals surface area (Å²) in [5.41, 5.74) is 4.37. The van der Waals surface area contributed by atoms with E-state index in [1.807, 2.05) is 24.4 Å². The van der Waals surface area contributed by atoms with Gasteiger partial charge in [0, 0.05) is 12.4 Å². The Kier molecular flexibility index (Phi) is 3.22. The summed E-state index contributed by atoms with van der Waals surface area (Å²) in [6.07, 6.45) is 6.20. The summed E-state index contributed by atoms with van der Waals surface area (Å²) >= 11 is 0. The molecule has 0 radical (unpaired) electrons. The second-order valence-electron chi connectivity index (χ2n) is 4.34. The second-order valence-corrected chi connectivity index (χ2v) is 4.34. The highest BCUT2D eigenvalue weighted by Gasteiger charge is 2.09. The largest absolute Gasteiger partial charge is 0.436 e.